The second-order valence-corrected chi connectivity index (χ2v) is 6.32. The van der Waals surface area contributed by atoms with Crippen LogP contribution in [0.25, 0.3) is 27.6 Å². The summed E-state index contributed by atoms with van der Waals surface area (Å²) < 4.78 is 5.52. The normalized spacial score (nSPS) is 12.2. The van der Waals surface area contributed by atoms with E-state index in [4.69, 9.17) is 11.5 Å². The molecule has 4 heterocycles. The number of phenolic OH excluding ortho intramolecular Hbond substituents is 1. The number of primary amides is 1. The lowest BCUT2D eigenvalue weighted by Crippen LogP contribution is -2.28. The summed E-state index contributed by atoms with van der Waals surface area (Å²) in [4.78, 5) is 12.1. The van der Waals surface area contributed by atoms with E-state index in [1.165, 1.54) is 0 Å². The summed E-state index contributed by atoms with van der Waals surface area (Å²) in [6.45, 7) is 3.73. The molecule has 0 fully saturated rings. The van der Waals surface area contributed by atoms with Gasteiger partial charge in [-0.2, -0.15) is 9.50 Å². The molecule has 1 amide bonds. The molecule has 5 rings (SSSR count). The first-order valence-corrected chi connectivity index (χ1v) is 7.77. The van der Waals surface area contributed by atoms with E-state index in [1.807, 2.05) is 17.4 Å². The number of carbonyl (C=O) groups is 1. The van der Waals surface area contributed by atoms with Gasteiger partial charge in [0.15, 0.2) is 16.7 Å². The fourth-order valence-corrected chi connectivity index (χ4v) is 3.83. The first kappa shape index (κ1) is 13.8. The Morgan fingerprint density at radius 2 is 2.04 bits per heavy atom. The molecule has 8 nitrogen and oxygen atoms in total. The van der Waals surface area contributed by atoms with Crippen molar-refractivity contribution < 1.29 is 14.3 Å². The number of amides is 1. The maximum absolute atomic E-state index is 12.1. The van der Waals surface area contributed by atoms with E-state index in [0.29, 0.717) is 16.5 Å². The van der Waals surface area contributed by atoms with Crippen molar-refractivity contribution >= 4 is 39.3 Å². The molecule has 0 spiro atoms. The molecule has 0 aliphatic rings. The van der Waals surface area contributed by atoms with Gasteiger partial charge in [0.1, 0.15) is 23.2 Å². The molecule has 0 atom stereocenters. The average molecular weight is 335 g/mol. The number of fused-ring (bicyclic) bond motifs is 3. The Balaban J connectivity index is 2.29. The third-order valence-electron chi connectivity index (χ3n) is 4.98. The number of aromatic nitrogens is 4. The number of aromatic hydroxyl groups is 1. The zero-order chi connectivity index (χ0) is 17.6. The number of aryl methyl sites for hydroxylation is 2. The third-order valence-corrected chi connectivity index (χ3v) is 4.98. The van der Waals surface area contributed by atoms with Crippen molar-refractivity contribution in [3.05, 3.63) is 41.3 Å². The standard InChI is InChI=1S/C17H14N6O2/c1-7-5-9-12(16(19)25)15(18)22-13-8(2)11(24)4-3-10(13)23-17(14(9)22)21(7)6-20-23/h3-6,18H,1-2H3,(H3,19,24,25)/p+1. The molecule has 0 saturated heterocycles. The molecule has 25 heavy (non-hydrogen) atoms. The van der Waals surface area contributed by atoms with E-state index in [2.05, 4.69) is 5.10 Å². The fourth-order valence-electron chi connectivity index (χ4n) is 3.83. The maximum Gasteiger partial charge on any atom is 0.292 e. The summed E-state index contributed by atoms with van der Waals surface area (Å²) in [7, 11) is 0. The summed E-state index contributed by atoms with van der Waals surface area (Å²) in [5.41, 5.74) is 16.8. The summed E-state index contributed by atoms with van der Waals surface area (Å²) in [6, 6.07) is 5.29. The summed E-state index contributed by atoms with van der Waals surface area (Å²) in [5.74, 6) is -0.179. The predicted molar refractivity (Wildman–Crippen MR) is 92.1 cm³/mol. The van der Waals surface area contributed by atoms with Gasteiger partial charge in [0.25, 0.3) is 11.7 Å². The van der Waals surface area contributed by atoms with Crippen LogP contribution in [0.1, 0.15) is 21.6 Å². The Morgan fingerprint density at radius 1 is 1.28 bits per heavy atom. The summed E-state index contributed by atoms with van der Waals surface area (Å²) >= 11 is 0. The van der Waals surface area contributed by atoms with Gasteiger partial charge in [-0.1, -0.05) is 0 Å². The summed E-state index contributed by atoms with van der Waals surface area (Å²) in [5, 5.41) is 15.4. The van der Waals surface area contributed by atoms with Crippen LogP contribution in [0, 0.1) is 13.8 Å². The molecular weight excluding hydrogens is 320 g/mol. The van der Waals surface area contributed by atoms with Gasteiger partial charge < -0.3 is 10.8 Å². The minimum atomic E-state index is -0.586. The van der Waals surface area contributed by atoms with E-state index in [9.17, 15) is 9.90 Å². The van der Waals surface area contributed by atoms with Gasteiger partial charge in [-0.05, 0) is 32.0 Å². The Morgan fingerprint density at radius 3 is 2.76 bits per heavy atom. The van der Waals surface area contributed by atoms with E-state index in [1.54, 1.807) is 34.3 Å². The minimum absolute atomic E-state index is 0.146. The van der Waals surface area contributed by atoms with Gasteiger partial charge >= 0.3 is 0 Å². The highest BCUT2D eigenvalue weighted by Gasteiger charge is 2.31. The highest BCUT2D eigenvalue weighted by molar-refractivity contribution is 6.12. The number of hydrogen-bond donors (Lipinski definition) is 3. The largest absolute Gasteiger partial charge is 0.508 e. The SMILES string of the molecule is Cc1c(O)ccc2c1[n+]1c(N)c(C(N)=O)c3cc(C)n4cnn2c4c31. The van der Waals surface area contributed by atoms with Gasteiger partial charge in [0.2, 0.25) is 0 Å². The second kappa shape index (κ2) is 4.10. The van der Waals surface area contributed by atoms with Crippen LogP contribution in [0.3, 0.4) is 0 Å². The zero-order valence-electron chi connectivity index (χ0n) is 13.6. The van der Waals surface area contributed by atoms with E-state index in [-0.39, 0.29) is 17.1 Å². The highest BCUT2D eigenvalue weighted by Crippen LogP contribution is 2.33. The number of benzene rings is 1. The van der Waals surface area contributed by atoms with Crippen LogP contribution in [0.15, 0.2) is 24.5 Å². The first-order chi connectivity index (χ1) is 11.9. The highest BCUT2D eigenvalue weighted by atomic mass is 16.3. The van der Waals surface area contributed by atoms with Crippen molar-refractivity contribution in [1.29, 1.82) is 0 Å². The third kappa shape index (κ3) is 1.40. The van der Waals surface area contributed by atoms with E-state index >= 15 is 0 Å². The van der Waals surface area contributed by atoms with Crippen LogP contribution in [-0.2, 0) is 0 Å². The molecule has 1 aromatic carbocycles. The van der Waals surface area contributed by atoms with Gasteiger partial charge in [-0.15, -0.1) is 0 Å². The van der Waals surface area contributed by atoms with E-state index in [0.717, 1.165) is 22.4 Å². The minimum Gasteiger partial charge on any atom is -0.508 e. The predicted octanol–water partition coefficient (Wildman–Crippen LogP) is 0.920. The Hall–Kier alpha value is -3.55. The second-order valence-electron chi connectivity index (χ2n) is 6.32. The molecule has 0 unspecified atom stereocenters. The van der Waals surface area contributed by atoms with Gasteiger partial charge in [0.05, 0.1) is 0 Å². The van der Waals surface area contributed by atoms with Crippen LogP contribution in [-0.4, -0.2) is 25.0 Å². The van der Waals surface area contributed by atoms with Crippen LogP contribution < -0.4 is 15.9 Å². The fraction of sp³-hybridized carbons (Fsp3) is 0.118. The van der Waals surface area contributed by atoms with Crippen LogP contribution in [0.2, 0.25) is 0 Å². The number of phenols is 1. The monoisotopic (exact) mass is 335 g/mol. The molecule has 8 heteroatoms. The van der Waals surface area contributed by atoms with Crippen LogP contribution in [0.4, 0.5) is 5.82 Å². The van der Waals surface area contributed by atoms with Crippen molar-refractivity contribution in [1.82, 2.24) is 14.0 Å². The van der Waals surface area contributed by atoms with Crippen molar-refractivity contribution in [2.24, 2.45) is 5.73 Å². The molecule has 0 radical (unpaired) electrons. The Bertz CT molecular complexity index is 1360. The van der Waals surface area contributed by atoms with Crippen LogP contribution >= 0.6 is 0 Å². The molecule has 5 N–H and O–H groups in total. The quantitative estimate of drug-likeness (QED) is 0.312. The molecule has 5 aromatic rings. The van der Waals surface area contributed by atoms with Gasteiger partial charge in [-0.25, -0.2) is 4.52 Å². The molecule has 124 valence electrons. The molecule has 0 saturated carbocycles. The number of hydrogen-bond acceptors (Lipinski definition) is 4. The Labute approximate surface area is 140 Å². The smallest absolute Gasteiger partial charge is 0.292 e. The molecular formula is C17H15N6O2+. The van der Waals surface area contributed by atoms with Gasteiger partial charge in [0, 0.05) is 16.6 Å². The number of nitrogens with zero attached hydrogens (tertiary/aromatic N) is 4. The number of rotatable bonds is 1. The molecule has 0 aliphatic carbocycles. The number of pyridine rings is 1. The van der Waals surface area contributed by atoms with Crippen LogP contribution in [0.5, 0.6) is 5.75 Å². The average Bonchev–Trinajstić information content (AvgIpc) is 3.11. The van der Waals surface area contributed by atoms with Crippen molar-refractivity contribution in [3.8, 4) is 5.75 Å². The van der Waals surface area contributed by atoms with E-state index < -0.39 is 5.91 Å². The van der Waals surface area contributed by atoms with Gasteiger partial charge in [-0.3, -0.25) is 14.9 Å². The number of anilines is 1. The molecule has 0 bridgehead atoms. The first-order valence-electron chi connectivity index (χ1n) is 7.77. The lowest BCUT2D eigenvalue weighted by Gasteiger charge is -2.09. The van der Waals surface area contributed by atoms with Crippen molar-refractivity contribution in [2.75, 3.05) is 5.73 Å². The molecule has 0 aliphatic heterocycles. The Kier molecular flexibility index (Phi) is 2.27. The summed E-state index contributed by atoms with van der Waals surface area (Å²) in [6.07, 6.45) is 1.72. The maximum atomic E-state index is 12.1. The number of carbonyl (C=O) groups excluding carboxylic acids is 1. The van der Waals surface area contributed by atoms with Crippen molar-refractivity contribution in [2.45, 2.75) is 13.8 Å². The van der Waals surface area contributed by atoms with Crippen molar-refractivity contribution in [3.63, 3.8) is 0 Å². The lowest BCUT2D eigenvalue weighted by molar-refractivity contribution is -0.461. The lowest BCUT2D eigenvalue weighted by atomic mass is 10.1. The number of nitrogen functional groups attached to an aromatic ring is 1. The number of nitrogens with two attached hydrogens (primary N) is 2. The topological polar surface area (TPSA) is 115 Å². The zero-order valence-corrected chi connectivity index (χ0v) is 13.6. The molecule has 4 aromatic heterocycles.